The number of nitrogen functional groups attached to an aromatic ring is 1. The number of anilines is 2. The van der Waals surface area contributed by atoms with Crippen LogP contribution < -0.4 is 11.1 Å². The van der Waals surface area contributed by atoms with Crippen molar-refractivity contribution in [3.8, 4) is 0 Å². The molecule has 96 valence electrons. The lowest BCUT2D eigenvalue weighted by atomic mass is 10.1. The number of hydrogen-bond donors (Lipinski definition) is 2. The molecule has 0 saturated heterocycles. The van der Waals surface area contributed by atoms with Gasteiger partial charge in [-0.3, -0.25) is 0 Å². The van der Waals surface area contributed by atoms with Gasteiger partial charge >= 0.3 is 0 Å². The molecular weight excluding hydrogens is 226 g/mol. The van der Waals surface area contributed by atoms with Gasteiger partial charge in [-0.25, -0.2) is 4.98 Å². The lowest BCUT2D eigenvalue weighted by Gasteiger charge is -2.11. The van der Waals surface area contributed by atoms with E-state index in [-0.39, 0.29) is 0 Å². The van der Waals surface area contributed by atoms with Gasteiger partial charge in [-0.2, -0.15) is 0 Å². The fourth-order valence-corrected chi connectivity index (χ4v) is 2.07. The number of methoxy groups -OCH3 is 1. The molecule has 3 N–H and O–H groups in total. The number of fused-ring (bicyclic) bond motifs is 1. The second-order valence-electron chi connectivity index (χ2n) is 4.33. The third kappa shape index (κ3) is 2.54. The van der Waals surface area contributed by atoms with Crippen molar-refractivity contribution in [3.05, 3.63) is 30.0 Å². The van der Waals surface area contributed by atoms with Crippen molar-refractivity contribution in [2.75, 3.05) is 31.3 Å². The van der Waals surface area contributed by atoms with Crippen molar-refractivity contribution in [2.24, 2.45) is 0 Å². The molecule has 0 fully saturated rings. The van der Waals surface area contributed by atoms with Crippen LogP contribution in [0.15, 0.2) is 24.4 Å². The summed E-state index contributed by atoms with van der Waals surface area (Å²) in [6.45, 7) is 3.62. The molecule has 0 bridgehead atoms. The van der Waals surface area contributed by atoms with Crippen molar-refractivity contribution >= 4 is 22.3 Å². The van der Waals surface area contributed by atoms with Crippen LogP contribution in [0.1, 0.15) is 12.0 Å². The summed E-state index contributed by atoms with van der Waals surface area (Å²) >= 11 is 0. The van der Waals surface area contributed by atoms with E-state index in [1.165, 1.54) is 0 Å². The summed E-state index contributed by atoms with van der Waals surface area (Å²) in [7, 11) is 1.71. The Bertz CT molecular complexity index is 532. The van der Waals surface area contributed by atoms with Crippen LogP contribution in [0.5, 0.6) is 0 Å². The average Bonchev–Trinajstić information content (AvgIpc) is 2.37. The minimum Gasteiger partial charge on any atom is -0.398 e. The minimum absolute atomic E-state index is 0.749. The highest BCUT2D eigenvalue weighted by Crippen LogP contribution is 2.28. The Balaban J connectivity index is 2.29. The number of rotatable bonds is 5. The zero-order valence-corrected chi connectivity index (χ0v) is 10.9. The molecule has 0 amide bonds. The number of aryl methyl sites for hydroxylation is 1. The molecule has 0 aliphatic heterocycles. The van der Waals surface area contributed by atoms with Crippen LogP contribution in [0.4, 0.5) is 11.5 Å². The molecule has 4 heteroatoms. The SMILES string of the molecule is COCCCNc1ncc(C)c2c(N)cccc12. The van der Waals surface area contributed by atoms with E-state index in [1.54, 1.807) is 7.11 Å². The number of ether oxygens (including phenoxy) is 1. The molecule has 1 aromatic carbocycles. The lowest BCUT2D eigenvalue weighted by Crippen LogP contribution is -2.07. The first-order valence-electron chi connectivity index (χ1n) is 6.10. The highest BCUT2D eigenvalue weighted by Gasteiger charge is 2.06. The van der Waals surface area contributed by atoms with Crippen molar-refractivity contribution in [1.82, 2.24) is 4.98 Å². The first kappa shape index (κ1) is 12.6. The van der Waals surface area contributed by atoms with Crippen molar-refractivity contribution < 1.29 is 4.74 Å². The number of nitrogens with zero attached hydrogens (tertiary/aromatic N) is 1. The zero-order valence-electron chi connectivity index (χ0n) is 10.9. The Morgan fingerprint density at radius 3 is 3.00 bits per heavy atom. The molecule has 0 unspecified atom stereocenters. The minimum atomic E-state index is 0.749. The summed E-state index contributed by atoms with van der Waals surface area (Å²) in [6, 6.07) is 5.92. The van der Waals surface area contributed by atoms with Crippen LogP contribution in [-0.4, -0.2) is 25.2 Å². The van der Waals surface area contributed by atoms with Gasteiger partial charge in [0.05, 0.1) is 0 Å². The normalized spacial score (nSPS) is 10.8. The second-order valence-corrected chi connectivity index (χ2v) is 4.33. The van der Waals surface area contributed by atoms with Crippen LogP contribution in [0.2, 0.25) is 0 Å². The number of aromatic nitrogens is 1. The van der Waals surface area contributed by atoms with Gasteiger partial charge in [-0.15, -0.1) is 0 Å². The molecule has 0 atom stereocenters. The van der Waals surface area contributed by atoms with E-state index in [9.17, 15) is 0 Å². The molecule has 1 heterocycles. The summed E-state index contributed by atoms with van der Waals surface area (Å²) < 4.78 is 5.03. The Labute approximate surface area is 107 Å². The van der Waals surface area contributed by atoms with Crippen molar-refractivity contribution in [2.45, 2.75) is 13.3 Å². The first-order chi connectivity index (χ1) is 8.74. The third-order valence-electron chi connectivity index (χ3n) is 2.95. The van der Waals surface area contributed by atoms with Crippen molar-refractivity contribution in [3.63, 3.8) is 0 Å². The van der Waals surface area contributed by atoms with Crippen LogP contribution in [0, 0.1) is 6.92 Å². The van der Waals surface area contributed by atoms with E-state index in [1.807, 2.05) is 31.3 Å². The van der Waals surface area contributed by atoms with E-state index < -0.39 is 0 Å². The third-order valence-corrected chi connectivity index (χ3v) is 2.95. The van der Waals surface area contributed by atoms with E-state index in [4.69, 9.17) is 10.5 Å². The maximum atomic E-state index is 6.03. The highest BCUT2D eigenvalue weighted by atomic mass is 16.5. The Morgan fingerprint density at radius 2 is 2.22 bits per heavy atom. The topological polar surface area (TPSA) is 60.2 Å². The standard InChI is InChI=1S/C14H19N3O/c1-10-9-17-14(16-7-4-8-18-2)11-5-3-6-12(15)13(10)11/h3,5-6,9H,4,7-8,15H2,1-2H3,(H,16,17). The Hall–Kier alpha value is -1.81. The molecule has 0 aliphatic rings. The molecule has 2 rings (SSSR count). The number of nitrogens with two attached hydrogens (primary N) is 1. The average molecular weight is 245 g/mol. The van der Waals surface area contributed by atoms with Gasteiger partial charge in [0.15, 0.2) is 0 Å². The van der Waals surface area contributed by atoms with Gasteiger partial charge in [0.1, 0.15) is 5.82 Å². The number of pyridine rings is 1. The largest absolute Gasteiger partial charge is 0.398 e. The van der Waals surface area contributed by atoms with Crippen LogP contribution >= 0.6 is 0 Å². The fraction of sp³-hybridized carbons (Fsp3) is 0.357. The maximum absolute atomic E-state index is 6.03. The molecule has 0 saturated carbocycles. The smallest absolute Gasteiger partial charge is 0.133 e. The quantitative estimate of drug-likeness (QED) is 0.628. The Kier molecular flexibility index (Phi) is 3.99. The van der Waals surface area contributed by atoms with Gasteiger partial charge in [0.25, 0.3) is 0 Å². The van der Waals surface area contributed by atoms with Crippen LogP contribution in [0.25, 0.3) is 10.8 Å². The van der Waals surface area contributed by atoms with Gasteiger partial charge in [-0.1, -0.05) is 12.1 Å². The van der Waals surface area contributed by atoms with Gasteiger partial charge in [0, 0.05) is 42.9 Å². The molecular formula is C14H19N3O. The molecule has 0 aliphatic carbocycles. The number of nitrogens with one attached hydrogen (secondary N) is 1. The summed E-state index contributed by atoms with van der Waals surface area (Å²) in [6.07, 6.45) is 2.81. The summed E-state index contributed by atoms with van der Waals surface area (Å²) in [5.41, 5.74) is 7.93. The second kappa shape index (κ2) is 5.69. The summed E-state index contributed by atoms with van der Waals surface area (Å²) in [4.78, 5) is 4.44. The summed E-state index contributed by atoms with van der Waals surface area (Å²) in [5, 5.41) is 5.49. The van der Waals surface area contributed by atoms with E-state index in [0.29, 0.717) is 0 Å². The highest BCUT2D eigenvalue weighted by molar-refractivity contribution is 6.01. The molecule has 0 spiro atoms. The molecule has 4 nitrogen and oxygen atoms in total. The van der Waals surface area contributed by atoms with E-state index in [0.717, 1.165) is 47.4 Å². The molecule has 0 radical (unpaired) electrons. The maximum Gasteiger partial charge on any atom is 0.133 e. The van der Waals surface area contributed by atoms with Gasteiger partial charge in [-0.05, 0) is 25.0 Å². The van der Waals surface area contributed by atoms with Gasteiger partial charge in [0.2, 0.25) is 0 Å². The molecule has 1 aromatic heterocycles. The molecule has 2 aromatic rings. The molecule has 18 heavy (non-hydrogen) atoms. The number of hydrogen-bond acceptors (Lipinski definition) is 4. The monoisotopic (exact) mass is 245 g/mol. The fourth-order valence-electron chi connectivity index (χ4n) is 2.07. The Morgan fingerprint density at radius 1 is 1.39 bits per heavy atom. The number of benzene rings is 1. The van der Waals surface area contributed by atoms with E-state index >= 15 is 0 Å². The predicted octanol–water partition coefficient (Wildman–Crippen LogP) is 2.57. The van der Waals surface area contributed by atoms with Crippen molar-refractivity contribution in [1.29, 1.82) is 0 Å². The van der Waals surface area contributed by atoms with E-state index in [2.05, 4.69) is 10.3 Å². The zero-order chi connectivity index (χ0) is 13.0. The predicted molar refractivity (Wildman–Crippen MR) is 75.9 cm³/mol. The van der Waals surface area contributed by atoms with Crippen LogP contribution in [-0.2, 0) is 4.74 Å². The lowest BCUT2D eigenvalue weighted by molar-refractivity contribution is 0.198. The first-order valence-corrected chi connectivity index (χ1v) is 6.10. The summed E-state index contributed by atoms with van der Waals surface area (Å²) in [5.74, 6) is 0.888. The van der Waals surface area contributed by atoms with Gasteiger partial charge < -0.3 is 15.8 Å². The van der Waals surface area contributed by atoms with Crippen LogP contribution in [0.3, 0.4) is 0 Å².